The number of carbonyl (C=O) groups is 2. The van der Waals surface area contributed by atoms with Crippen LogP contribution in [0.3, 0.4) is 0 Å². The first-order valence-electron chi connectivity index (χ1n) is 20.2. The van der Waals surface area contributed by atoms with Crippen LogP contribution in [0.2, 0.25) is 0 Å². The number of urea groups is 1. The van der Waals surface area contributed by atoms with E-state index in [-0.39, 0.29) is 40.6 Å². The van der Waals surface area contributed by atoms with E-state index >= 15 is 0 Å². The van der Waals surface area contributed by atoms with Crippen molar-refractivity contribution < 1.29 is 24.0 Å². The topological polar surface area (TPSA) is 173 Å². The number of piperazine rings is 1. The number of unbranched alkanes of at least 4 members (excludes halogenated alkanes) is 1. The highest BCUT2D eigenvalue weighted by molar-refractivity contribution is 5.87. The van der Waals surface area contributed by atoms with Crippen molar-refractivity contribution in [3.05, 3.63) is 75.7 Å². The first kappa shape index (κ1) is 39.7. The molecule has 7 rings (SSSR count). The Labute approximate surface area is 333 Å². The maximum Gasteiger partial charge on any atom is 0.314 e. The molecule has 2 N–H and O–H groups in total. The summed E-state index contributed by atoms with van der Waals surface area (Å²) < 4.78 is 13.1. The summed E-state index contributed by atoms with van der Waals surface area (Å²) in [6, 6.07) is 10.8. The summed E-state index contributed by atoms with van der Waals surface area (Å²) in [5, 5.41) is 22.9. The molecule has 1 saturated carbocycles. The van der Waals surface area contributed by atoms with Crippen LogP contribution in [0.25, 0.3) is 11.0 Å². The van der Waals surface area contributed by atoms with Crippen molar-refractivity contribution in [3.8, 4) is 11.5 Å². The Morgan fingerprint density at radius 3 is 2.40 bits per heavy atom. The largest absolute Gasteiger partial charge is 0.493 e. The minimum Gasteiger partial charge on any atom is -0.493 e. The molecule has 2 aliphatic heterocycles. The van der Waals surface area contributed by atoms with Gasteiger partial charge in [-0.15, -0.1) is 0 Å². The van der Waals surface area contributed by atoms with Gasteiger partial charge in [-0.25, -0.2) is 19.4 Å². The van der Waals surface area contributed by atoms with E-state index in [2.05, 4.69) is 54.6 Å². The van der Waals surface area contributed by atoms with Crippen LogP contribution in [0.15, 0.2) is 48.9 Å². The summed E-state index contributed by atoms with van der Waals surface area (Å²) in [6.07, 6.45) is 10.2. The van der Waals surface area contributed by atoms with Crippen molar-refractivity contribution >= 4 is 34.5 Å². The van der Waals surface area contributed by atoms with E-state index in [4.69, 9.17) is 9.47 Å². The molecular formula is C41H54N10O6. The van der Waals surface area contributed by atoms with E-state index in [0.717, 1.165) is 81.4 Å². The van der Waals surface area contributed by atoms with Crippen LogP contribution in [-0.2, 0) is 23.3 Å². The minimum atomic E-state index is -0.383. The van der Waals surface area contributed by atoms with Crippen LogP contribution < -0.4 is 25.0 Å². The molecule has 4 heterocycles. The Bertz CT molecular complexity index is 2060. The number of nitro groups is 1. The standard InChI is InChI=1S/C41H54N10O6/c1-4-5-16-42-40(53)43-17-8-18-49-19-13-30-24-35(56-2)36(57-3)25-33(30)41(49)14-11-29(12-15-41)39(52)48-22-20-47(21-23-48)37-32-26-46-50(38(32)45-28-44-37)27-31-9-6-7-10-34(31)51(54)55/h6-7,9-10,24-26,28-29H,4-5,8,11-23,27H2,1-3H3,(H2,42,43,53). The molecule has 2 aromatic carbocycles. The zero-order chi connectivity index (χ0) is 39.9. The summed E-state index contributed by atoms with van der Waals surface area (Å²) in [4.78, 5) is 53.5. The number of methoxy groups -OCH3 is 2. The Kier molecular flexibility index (Phi) is 12.4. The van der Waals surface area contributed by atoms with Crippen molar-refractivity contribution in [3.63, 3.8) is 0 Å². The van der Waals surface area contributed by atoms with E-state index in [1.54, 1.807) is 43.3 Å². The predicted octanol–water partition coefficient (Wildman–Crippen LogP) is 4.88. The normalized spacial score (nSPS) is 19.7. The summed E-state index contributed by atoms with van der Waals surface area (Å²) in [5.41, 5.74) is 3.48. The summed E-state index contributed by atoms with van der Waals surface area (Å²) in [7, 11) is 3.34. The number of anilines is 1. The molecule has 2 aromatic heterocycles. The smallest absolute Gasteiger partial charge is 0.314 e. The first-order chi connectivity index (χ1) is 27.8. The molecule has 1 saturated heterocycles. The van der Waals surface area contributed by atoms with Crippen molar-refractivity contribution in [2.75, 3.05) is 71.5 Å². The lowest BCUT2D eigenvalue weighted by Gasteiger charge is -2.52. The van der Waals surface area contributed by atoms with E-state index in [1.807, 2.05) is 4.90 Å². The fourth-order valence-electron chi connectivity index (χ4n) is 9.00. The molecule has 1 aliphatic carbocycles. The fourth-order valence-corrected chi connectivity index (χ4v) is 9.00. The van der Waals surface area contributed by atoms with Crippen LogP contribution in [-0.4, -0.2) is 113 Å². The summed E-state index contributed by atoms with van der Waals surface area (Å²) in [5.74, 6) is 2.34. The zero-order valence-corrected chi connectivity index (χ0v) is 33.2. The quantitative estimate of drug-likeness (QED) is 0.101. The SMILES string of the molecule is CCCCNC(=O)NCCCN1CCc2cc(OC)c(OC)cc2C12CCC(C(=O)N1CCN(c3ncnc4c3cnn4Cc3ccccc3[N+](=O)[O-])CC1)CC2. The molecule has 0 bridgehead atoms. The highest BCUT2D eigenvalue weighted by Gasteiger charge is 2.47. The van der Waals surface area contributed by atoms with Gasteiger partial charge in [0.05, 0.1) is 42.8 Å². The number of fused-ring (bicyclic) bond motifs is 3. The monoisotopic (exact) mass is 782 g/mol. The number of rotatable bonds is 14. The zero-order valence-electron chi connectivity index (χ0n) is 33.2. The van der Waals surface area contributed by atoms with Crippen LogP contribution in [0, 0.1) is 16.0 Å². The highest BCUT2D eigenvalue weighted by Crippen LogP contribution is 2.50. The number of ether oxygens (including phenoxy) is 2. The number of carbonyl (C=O) groups excluding carboxylic acids is 2. The second kappa shape index (κ2) is 17.7. The van der Waals surface area contributed by atoms with Gasteiger partial charge in [0.2, 0.25) is 5.91 Å². The number of hydrogen-bond donors (Lipinski definition) is 2. The van der Waals surface area contributed by atoms with Gasteiger partial charge < -0.3 is 29.9 Å². The average molecular weight is 783 g/mol. The number of nitrogens with one attached hydrogen (secondary N) is 2. The van der Waals surface area contributed by atoms with Gasteiger partial charge >= 0.3 is 6.03 Å². The second-order valence-electron chi connectivity index (χ2n) is 15.2. The molecule has 3 aliphatic rings. The molecule has 57 heavy (non-hydrogen) atoms. The minimum absolute atomic E-state index is 0.0409. The van der Waals surface area contributed by atoms with E-state index < -0.39 is 0 Å². The highest BCUT2D eigenvalue weighted by atomic mass is 16.6. The molecule has 304 valence electrons. The maximum atomic E-state index is 14.1. The Morgan fingerprint density at radius 2 is 1.68 bits per heavy atom. The molecule has 1 spiro atoms. The fraction of sp³-hybridized carbons (Fsp3) is 0.537. The van der Waals surface area contributed by atoms with E-state index in [9.17, 15) is 19.7 Å². The first-order valence-corrected chi connectivity index (χ1v) is 20.2. The maximum absolute atomic E-state index is 14.1. The molecule has 3 amide bonds. The molecule has 0 unspecified atom stereocenters. The molecular weight excluding hydrogens is 729 g/mol. The van der Waals surface area contributed by atoms with Gasteiger partial charge in [-0.2, -0.15) is 5.10 Å². The Morgan fingerprint density at radius 1 is 0.965 bits per heavy atom. The lowest BCUT2D eigenvalue weighted by atomic mass is 9.68. The van der Waals surface area contributed by atoms with Crippen molar-refractivity contribution in [1.82, 2.24) is 40.2 Å². The lowest BCUT2D eigenvalue weighted by Crippen LogP contribution is -2.55. The third-order valence-corrected chi connectivity index (χ3v) is 12.0. The van der Waals surface area contributed by atoms with E-state index in [1.165, 1.54) is 23.5 Å². The van der Waals surface area contributed by atoms with Gasteiger partial charge in [0.15, 0.2) is 17.1 Å². The third kappa shape index (κ3) is 8.31. The second-order valence-corrected chi connectivity index (χ2v) is 15.2. The van der Waals surface area contributed by atoms with Crippen LogP contribution >= 0.6 is 0 Å². The van der Waals surface area contributed by atoms with Gasteiger partial charge in [-0.05, 0) is 68.2 Å². The molecule has 4 aromatic rings. The van der Waals surface area contributed by atoms with Crippen molar-refractivity contribution in [2.45, 2.75) is 70.4 Å². The van der Waals surface area contributed by atoms with Gasteiger partial charge in [0.25, 0.3) is 5.69 Å². The molecule has 0 atom stereocenters. The number of benzene rings is 2. The Balaban J connectivity index is 0.997. The summed E-state index contributed by atoms with van der Waals surface area (Å²) >= 11 is 0. The van der Waals surface area contributed by atoms with Crippen LogP contribution in [0.1, 0.15) is 68.6 Å². The number of amides is 3. The number of nitro benzene ring substituents is 1. The number of hydrogen-bond acceptors (Lipinski definition) is 11. The van der Waals surface area contributed by atoms with Crippen molar-refractivity contribution in [1.29, 1.82) is 0 Å². The van der Waals surface area contributed by atoms with E-state index in [0.29, 0.717) is 56.2 Å². The molecule has 2 fully saturated rings. The number of nitrogens with zero attached hydrogens (tertiary/aromatic N) is 8. The predicted molar refractivity (Wildman–Crippen MR) is 216 cm³/mol. The van der Waals surface area contributed by atoms with Crippen molar-refractivity contribution in [2.24, 2.45) is 5.92 Å². The number of para-hydroxylation sites is 1. The summed E-state index contributed by atoms with van der Waals surface area (Å²) in [6.45, 7) is 7.74. The number of aromatic nitrogens is 4. The lowest BCUT2D eigenvalue weighted by molar-refractivity contribution is -0.385. The third-order valence-electron chi connectivity index (χ3n) is 12.0. The molecule has 0 radical (unpaired) electrons. The van der Waals surface area contributed by atoms with Crippen LogP contribution in [0.4, 0.5) is 16.3 Å². The van der Waals surface area contributed by atoms with Gasteiger partial charge in [0.1, 0.15) is 12.1 Å². The molecule has 16 nitrogen and oxygen atoms in total. The molecule has 16 heteroatoms. The average Bonchev–Trinajstić information content (AvgIpc) is 3.65. The van der Waals surface area contributed by atoms with Gasteiger partial charge in [0, 0.05) is 69.9 Å². The Hall–Kier alpha value is -5.51. The van der Waals surface area contributed by atoms with Gasteiger partial charge in [-0.3, -0.25) is 19.8 Å². The van der Waals surface area contributed by atoms with Gasteiger partial charge in [-0.1, -0.05) is 31.5 Å². The van der Waals surface area contributed by atoms with Crippen LogP contribution in [0.5, 0.6) is 11.5 Å².